The van der Waals surface area contributed by atoms with Crippen LogP contribution in [0.2, 0.25) is 0 Å². The van der Waals surface area contributed by atoms with Gasteiger partial charge in [-0.3, -0.25) is 0 Å². The lowest BCUT2D eigenvalue weighted by atomic mass is 9.87. The fraction of sp³-hybridized carbons (Fsp3) is 0.250. The molecule has 0 amide bonds. The molecule has 0 aliphatic rings. The van der Waals surface area contributed by atoms with Crippen LogP contribution in [-0.2, 0) is 5.11 Å². The van der Waals surface area contributed by atoms with Gasteiger partial charge in [-0.05, 0) is 17.5 Å². The molecule has 0 heterocycles. The van der Waals surface area contributed by atoms with Crippen LogP contribution in [0.3, 0.4) is 0 Å². The van der Waals surface area contributed by atoms with E-state index in [0.29, 0.717) is 0 Å². The van der Waals surface area contributed by atoms with Gasteiger partial charge in [-0.15, -0.1) is 0 Å². The zero-order chi connectivity index (χ0) is 12.1. The predicted octanol–water partition coefficient (Wildman–Crippen LogP) is 4.35. The van der Waals surface area contributed by atoms with Gasteiger partial charge in [-0.25, -0.2) is 5.11 Å². The molecule has 0 saturated heterocycles. The quantitative estimate of drug-likeness (QED) is 0.737. The normalized spacial score (nSPS) is 14.2. The summed E-state index contributed by atoms with van der Waals surface area (Å²) in [5.74, 6) is 0.0543. The Hall–Kier alpha value is -1.60. The Balaban J connectivity index is 2.25. The average Bonchev–Trinajstić information content (AvgIpc) is 2.42. The van der Waals surface area contributed by atoms with Gasteiger partial charge in [0.2, 0.25) is 0 Å². The molecule has 0 aliphatic heterocycles. The van der Waals surface area contributed by atoms with Gasteiger partial charge < -0.3 is 0 Å². The summed E-state index contributed by atoms with van der Waals surface area (Å²) in [6, 6.07) is 19.7. The second-order valence-electron chi connectivity index (χ2n) is 4.26. The first-order chi connectivity index (χ1) is 8.33. The molecule has 2 aromatic carbocycles. The highest BCUT2D eigenvalue weighted by molar-refractivity contribution is 5.26. The monoisotopic (exact) mass is 225 g/mol. The number of benzene rings is 2. The SMILES string of the molecule is CCC(c1ccccc1)C([O])c1ccccc1. The summed E-state index contributed by atoms with van der Waals surface area (Å²) in [6.45, 7) is 2.07. The highest BCUT2D eigenvalue weighted by Gasteiger charge is 2.22. The van der Waals surface area contributed by atoms with E-state index in [1.54, 1.807) is 0 Å². The van der Waals surface area contributed by atoms with Gasteiger partial charge in [-0.1, -0.05) is 67.6 Å². The highest BCUT2D eigenvalue weighted by Crippen LogP contribution is 2.33. The topological polar surface area (TPSA) is 19.9 Å². The summed E-state index contributed by atoms with van der Waals surface area (Å²) in [4.78, 5) is 0. The van der Waals surface area contributed by atoms with E-state index in [2.05, 4.69) is 6.92 Å². The maximum Gasteiger partial charge on any atom is 0.125 e. The lowest BCUT2D eigenvalue weighted by Gasteiger charge is -2.20. The maximum absolute atomic E-state index is 12.5. The molecule has 2 atom stereocenters. The summed E-state index contributed by atoms with van der Waals surface area (Å²) in [6.07, 6.45) is 0.191. The smallest absolute Gasteiger partial charge is 0.125 e. The number of rotatable bonds is 4. The molecule has 0 saturated carbocycles. The number of hydrogen-bond acceptors (Lipinski definition) is 0. The molecule has 0 bridgehead atoms. The van der Waals surface area contributed by atoms with Crippen LogP contribution in [0.1, 0.15) is 36.5 Å². The van der Waals surface area contributed by atoms with Gasteiger partial charge in [0.15, 0.2) is 0 Å². The molecule has 1 nitrogen and oxygen atoms in total. The van der Waals surface area contributed by atoms with Crippen molar-refractivity contribution in [2.45, 2.75) is 25.4 Å². The van der Waals surface area contributed by atoms with Gasteiger partial charge in [0, 0.05) is 5.92 Å². The molecule has 2 aromatic rings. The van der Waals surface area contributed by atoms with Crippen LogP contribution in [0.5, 0.6) is 0 Å². The fourth-order valence-corrected chi connectivity index (χ4v) is 2.20. The summed E-state index contributed by atoms with van der Waals surface area (Å²) < 4.78 is 0. The first-order valence-electron chi connectivity index (χ1n) is 6.08. The molecule has 0 spiro atoms. The van der Waals surface area contributed by atoms with Crippen LogP contribution in [-0.4, -0.2) is 0 Å². The Labute approximate surface area is 103 Å². The Bertz CT molecular complexity index is 436. The van der Waals surface area contributed by atoms with E-state index in [9.17, 15) is 5.11 Å². The Morgan fingerprint density at radius 2 is 1.29 bits per heavy atom. The minimum atomic E-state index is -0.677. The summed E-state index contributed by atoms with van der Waals surface area (Å²) in [5, 5.41) is 12.5. The van der Waals surface area contributed by atoms with Gasteiger partial charge in [-0.2, -0.15) is 0 Å². The summed E-state index contributed by atoms with van der Waals surface area (Å²) in [7, 11) is 0. The van der Waals surface area contributed by atoms with Crippen LogP contribution in [0.25, 0.3) is 0 Å². The van der Waals surface area contributed by atoms with Gasteiger partial charge in [0.25, 0.3) is 0 Å². The summed E-state index contributed by atoms with van der Waals surface area (Å²) >= 11 is 0. The second kappa shape index (κ2) is 5.65. The third kappa shape index (κ3) is 2.75. The average molecular weight is 225 g/mol. The molecule has 17 heavy (non-hydrogen) atoms. The fourth-order valence-electron chi connectivity index (χ4n) is 2.20. The van der Waals surface area contributed by atoms with Crippen molar-refractivity contribution in [2.75, 3.05) is 0 Å². The molecule has 2 unspecified atom stereocenters. The summed E-state index contributed by atoms with van der Waals surface area (Å²) in [5.41, 5.74) is 2.02. The first-order valence-corrected chi connectivity index (χ1v) is 6.08. The van der Waals surface area contributed by atoms with Crippen molar-refractivity contribution in [3.8, 4) is 0 Å². The third-order valence-corrected chi connectivity index (χ3v) is 3.16. The lowest BCUT2D eigenvalue weighted by molar-refractivity contribution is 0.0619. The largest absolute Gasteiger partial charge is 0.227 e. The number of hydrogen-bond donors (Lipinski definition) is 0. The van der Waals surface area contributed by atoms with E-state index >= 15 is 0 Å². The van der Waals surface area contributed by atoms with Crippen LogP contribution < -0.4 is 0 Å². The minimum Gasteiger partial charge on any atom is -0.227 e. The van der Waals surface area contributed by atoms with Crippen molar-refractivity contribution in [2.24, 2.45) is 0 Å². The zero-order valence-corrected chi connectivity index (χ0v) is 10.0. The maximum atomic E-state index is 12.5. The second-order valence-corrected chi connectivity index (χ2v) is 4.26. The van der Waals surface area contributed by atoms with Crippen LogP contribution in [0.15, 0.2) is 60.7 Å². The molecular weight excluding hydrogens is 208 g/mol. The highest BCUT2D eigenvalue weighted by atomic mass is 16.3. The Morgan fingerprint density at radius 1 is 0.824 bits per heavy atom. The van der Waals surface area contributed by atoms with Crippen LogP contribution in [0, 0.1) is 0 Å². The lowest BCUT2D eigenvalue weighted by Crippen LogP contribution is -2.08. The van der Waals surface area contributed by atoms with E-state index < -0.39 is 6.10 Å². The van der Waals surface area contributed by atoms with Crippen molar-refractivity contribution < 1.29 is 5.11 Å². The standard InChI is InChI=1S/C16H17O/c1-2-15(13-9-5-3-6-10-13)16(17)14-11-7-4-8-12-14/h3-12,15-16H,2H2,1H3. The first kappa shape index (κ1) is 11.9. The van der Waals surface area contributed by atoms with E-state index in [0.717, 1.165) is 17.5 Å². The zero-order valence-electron chi connectivity index (χ0n) is 10.0. The molecule has 0 fully saturated rings. The Kier molecular flexibility index (Phi) is 3.94. The van der Waals surface area contributed by atoms with Gasteiger partial charge in [0.05, 0.1) is 0 Å². The van der Waals surface area contributed by atoms with E-state index in [1.807, 2.05) is 60.7 Å². The van der Waals surface area contributed by atoms with Crippen molar-refractivity contribution in [3.05, 3.63) is 71.8 Å². The predicted molar refractivity (Wildman–Crippen MR) is 69.3 cm³/mol. The van der Waals surface area contributed by atoms with Crippen molar-refractivity contribution >= 4 is 0 Å². The van der Waals surface area contributed by atoms with Crippen molar-refractivity contribution in [1.29, 1.82) is 0 Å². The molecule has 87 valence electrons. The molecular formula is C16H17O. The van der Waals surface area contributed by atoms with E-state index in [4.69, 9.17) is 0 Å². The molecule has 2 rings (SSSR count). The molecule has 0 N–H and O–H groups in total. The van der Waals surface area contributed by atoms with Gasteiger partial charge >= 0.3 is 0 Å². The molecule has 1 radical (unpaired) electrons. The third-order valence-electron chi connectivity index (χ3n) is 3.16. The van der Waals surface area contributed by atoms with Gasteiger partial charge in [0.1, 0.15) is 6.10 Å². The molecule has 0 aliphatic carbocycles. The molecule has 1 heteroatoms. The van der Waals surface area contributed by atoms with Crippen LogP contribution >= 0.6 is 0 Å². The van der Waals surface area contributed by atoms with E-state index in [-0.39, 0.29) is 5.92 Å². The van der Waals surface area contributed by atoms with E-state index in [1.165, 1.54) is 0 Å². The Morgan fingerprint density at radius 3 is 1.76 bits per heavy atom. The van der Waals surface area contributed by atoms with Crippen molar-refractivity contribution in [3.63, 3.8) is 0 Å². The van der Waals surface area contributed by atoms with Crippen LogP contribution in [0.4, 0.5) is 0 Å². The van der Waals surface area contributed by atoms with Crippen molar-refractivity contribution in [1.82, 2.24) is 0 Å². The molecule has 0 aromatic heterocycles. The minimum absolute atomic E-state index is 0.0543.